The lowest BCUT2D eigenvalue weighted by molar-refractivity contribution is -0.265. The molecule has 0 aromatic carbocycles. The van der Waals surface area contributed by atoms with E-state index in [9.17, 15) is 9.59 Å². The third-order valence-electron chi connectivity index (χ3n) is 6.98. The molecule has 4 rings (SSSR count). The third-order valence-corrected chi connectivity index (χ3v) is 6.98. The molecule has 148 valence electrons. The van der Waals surface area contributed by atoms with Gasteiger partial charge < -0.3 is 14.2 Å². The Bertz CT molecular complexity index is 628. The minimum atomic E-state index is -0.930. The Morgan fingerprint density at radius 1 is 1.00 bits per heavy atom. The fourth-order valence-corrected chi connectivity index (χ4v) is 5.85. The molecule has 2 heterocycles. The first-order chi connectivity index (χ1) is 13.1. The van der Waals surface area contributed by atoms with Crippen molar-refractivity contribution in [3.63, 3.8) is 0 Å². The second-order valence-corrected chi connectivity index (χ2v) is 8.49. The van der Waals surface area contributed by atoms with Gasteiger partial charge in [0.2, 0.25) is 5.79 Å². The van der Waals surface area contributed by atoms with Crippen molar-refractivity contribution in [2.45, 2.75) is 75.8 Å². The number of rotatable bonds is 6. The van der Waals surface area contributed by atoms with Crippen LogP contribution >= 0.6 is 0 Å². The average Bonchev–Trinajstić information content (AvgIpc) is 3.12. The highest BCUT2D eigenvalue weighted by atomic mass is 16.7. The molecule has 2 aliphatic heterocycles. The molecule has 0 amide bonds. The number of carbonyl (C=O) groups is 2. The van der Waals surface area contributed by atoms with Gasteiger partial charge in [0, 0.05) is 24.7 Å². The van der Waals surface area contributed by atoms with Gasteiger partial charge in [0.25, 0.3) is 0 Å². The van der Waals surface area contributed by atoms with Crippen LogP contribution in [0, 0.1) is 23.7 Å². The van der Waals surface area contributed by atoms with Crippen LogP contribution in [0.3, 0.4) is 0 Å². The number of cyclic esters (lactones) is 2. The monoisotopic (exact) mass is 374 g/mol. The predicted octanol–water partition coefficient (Wildman–Crippen LogP) is 3.93. The van der Waals surface area contributed by atoms with Crippen LogP contribution in [0.25, 0.3) is 0 Å². The van der Waals surface area contributed by atoms with E-state index in [1.54, 1.807) is 12.2 Å². The van der Waals surface area contributed by atoms with E-state index in [0.717, 1.165) is 44.9 Å². The van der Waals surface area contributed by atoms with Gasteiger partial charge in [-0.2, -0.15) is 0 Å². The number of carbonyl (C=O) groups excluding carboxylic acids is 2. The minimum absolute atomic E-state index is 0.00674. The highest BCUT2D eigenvalue weighted by Gasteiger charge is 2.59. The molecule has 0 spiro atoms. The summed E-state index contributed by atoms with van der Waals surface area (Å²) in [5.41, 5.74) is 0. The maximum atomic E-state index is 12.6. The molecule has 7 unspecified atom stereocenters. The van der Waals surface area contributed by atoms with Crippen LogP contribution in [0.5, 0.6) is 0 Å². The van der Waals surface area contributed by atoms with Crippen LogP contribution in [0.15, 0.2) is 25.3 Å². The van der Waals surface area contributed by atoms with E-state index < -0.39 is 5.79 Å². The highest BCUT2D eigenvalue weighted by Crippen LogP contribution is 2.51. The molecule has 2 aliphatic carbocycles. The standard InChI is InChI=1S/C22H30O5/c1-3-8-17-19-15(20(23)25-17)10-7-12-18(19)26-22(13-4-2)16-11-6-5-9-14(16)21(24)27-22/h3-4,14-19H,1-2,5-13H2. The summed E-state index contributed by atoms with van der Waals surface area (Å²) < 4.78 is 18.3. The van der Waals surface area contributed by atoms with Gasteiger partial charge in [-0.15, -0.1) is 13.2 Å². The first-order valence-corrected chi connectivity index (χ1v) is 10.4. The Morgan fingerprint density at radius 3 is 2.56 bits per heavy atom. The maximum absolute atomic E-state index is 12.6. The average molecular weight is 374 g/mol. The summed E-state index contributed by atoms with van der Waals surface area (Å²) in [4.78, 5) is 24.9. The van der Waals surface area contributed by atoms with E-state index in [1.165, 1.54) is 0 Å². The Labute approximate surface area is 161 Å². The Morgan fingerprint density at radius 2 is 1.78 bits per heavy atom. The van der Waals surface area contributed by atoms with Crippen LogP contribution < -0.4 is 0 Å². The first-order valence-electron chi connectivity index (χ1n) is 10.4. The zero-order valence-corrected chi connectivity index (χ0v) is 15.9. The van der Waals surface area contributed by atoms with E-state index in [-0.39, 0.29) is 47.8 Å². The lowest BCUT2D eigenvalue weighted by Crippen LogP contribution is -2.48. The third kappa shape index (κ3) is 3.14. The molecular weight excluding hydrogens is 344 g/mol. The summed E-state index contributed by atoms with van der Waals surface area (Å²) in [6, 6.07) is 0. The Balaban J connectivity index is 1.61. The lowest BCUT2D eigenvalue weighted by Gasteiger charge is -2.42. The molecule has 4 fully saturated rings. The van der Waals surface area contributed by atoms with E-state index in [0.29, 0.717) is 12.8 Å². The molecule has 2 saturated carbocycles. The van der Waals surface area contributed by atoms with Gasteiger partial charge in [-0.1, -0.05) is 25.0 Å². The minimum Gasteiger partial charge on any atom is -0.461 e. The Hall–Kier alpha value is -1.62. The van der Waals surface area contributed by atoms with Gasteiger partial charge in [-0.05, 0) is 32.1 Å². The van der Waals surface area contributed by atoms with Crippen LogP contribution in [-0.2, 0) is 23.8 Å². The van der Waals surface area contributed by atoms with E-state index >= 15 is 0 Å². The summed E-state index contributed by atoms with van der Waals surface area (Å²) in [5.74, 6) is -1.27. The van der Waals surface area contributed by atoms with Gasteiger partial charge in [0.1, 0.15) is 6.10 Å². The van der Waals surface area contributed by atoms with E-state index in [1.807, 2.05) is 0 Å². The molecular formula is C22H30O5. The van der Waals surface area contributed by atoms with Gasteiger partial charge >= 0.3 is 11.9 Å². The molecule has 5 heteroatoms. The summed E-state index contributed by atoms with van der Waals surface area (Å²) in [6.07, 6.45) is 11.0. The number of fused-ring (bicyclic) bond motifs is 2. The van der Waals surface area contributed by atoms with Gasteiger partial charge in [-0.25, -0.2) is 0 Å². The van der Waals surface area contributed by atoms with Crippen LogP contribution in [0.1, 0.15) is 57.8 Å². The van der Waals surface area contributed by atoms with Crippen molar-refractivity contribution < 1.29 is 23.8 Å². The zero-order valence-electron chi connectivity index (χ0n) is 15.9. The summed E-state index contributed by atoms with van der Waals surface area (Å²) in [7, 11) is 0. The molecule has 2 saturated heterocycles. The molecule has 0 radical (unpaired) electrons. The van der Waals surface area contributed by atoms with Crippen molar-refractivity contribution in [3.8, 4) is 0 Å². The molecule has 0 aromatic rings. The maximum Gasteiger partial charge on any atom is 0.311 e. The van der Waals surface area contributed by atoms with Crippen LogP contribution in [0.2, 0.25) is 0 Å². The summed E-state index contributed by atoms with van der Waals surface area (Å²) in [5, 5.41) is 0. The molecule has 4 aliphatic rings. The van der Waals surface area contributed by atoms with Crippen molar-refractivity contribution in [2.24, 2.45) is 23.7 Å². The smallest absolute Gasteiger partial charge is 0.311 e. The zero-order chi connectivity index (χ0) is 19.0. The second-order valence-electron chi connectivity index (χ2n) is 8.49. The second kappa shape index (κ2) is 7.42. The quantitative estimate of drug-likeness (QED) is 0.521. The Kier molecular flexibility index (Phi) is 5.15. The summed E-state index contributed by atoms with van der Waals surface area (Å²) in [6.45, 7) is 7.69. The fourth-order valence-electron chi connectivity index (χ4n) is 5.85. The predicted molar refractivity (Wildman–Crippen MR) is 99.5 cm³/mol. The highest BCUT2D eigenvalue weighted by molar-refractivity contribution is 5.76. The molecule has 5 nitrogen and oxygen atoms in total. The molecule has 7 atom stereocenters. The van der Waals surface area contributed by atoms with Crippen molar-refractivity contribution in [1.82, 2.24) is 0 Å². The largest absolute Gasteiger partial charge is 0.461 e. The molecule has 0 N–H and O–H groups in total. The first kappa shape index (κ1) is 18.7. The number of hydrogen-bond donors (Lipinski definition) is 0. The number of esters is 2. The van der Waals surface area contributed by atoms with Crippen LogP contribution in [-0.4, -0.2) is 29.9 Å². The lowest BCUT2D eigenvalue weighted by atomic mass is 9.73. The van der Waals surface area contributed by atoms with Crippen molar-refractivity contribution in [3.05, 3.63) is 25.3 Å². The number of hydrogen-bond acceptors (Lipinski definition) is 5. The molecule has 27 heavy (non-hydrogen) atoms. The SMILES string of the molecule is C=CCC1OC(=O)C2CCCC(OC3(CC=C)OC(=O)C4CCCCC43)C12. The normalized spacial score (nSPS) is 43.4. The molecule has 0 bridgehead atoms. The van der Waals surface area contributed by atoms with Crippen LogP contribution in [0.4, 0.5) is 0 Å². The topological polar surface area (TPSA) is 61.8 Å². The molecule has 0 aromatic heterocycles. The van der Waals surface area contributed by atoms with Crippen molar-refractivity contribution in [2.75, 3.05) is 0 Å². The van der Waals surface area contributed by atoms with Crippen molar-refractivity contribution in [1.29, 1.82) is 0 Å². The number of ether oxygens (including phenoxy) is 3. The van der Waals surface area contributed by atoms with E-state index in [2.05, 4.69) is 13.2 Å². The van der Waals surface area contributed by atoms with Gasteiger partial charge in [-0.3, -0.25) is 9.59 Å². The van der Waals surface area contributed by atoms with Gasteiger partial charge in [0.15, 0.2) is 0 Å². The fraction of sp³-hybridized carbons (Fsp3) is 0.727. The van der Waals surface area contributed by atoms with Crippen molar-refractivity contribution >= 4 is 11.9 Å². The summed E-state index contributed by atoms with van der Waals surface area (Å²) >= 11 is 0. The van der Waals surface area contributed by atoms with E-state index in [4.69, 9.17) is 14.2 Å². The van der Waals surface area contributed by atoms with Gasteiger partial charge in [0.05, 0.1) is 17.9 Å².